The summed E-state index contributed by atoms with van der Waals surface area (Å²) in [6, 6.07) is 14.2. The van der Waals surface area contributed by atoms with Crippen molar-refractivity contribution in [1.82, 2.24) is 0 Å². The number of benzene rings is 3. The molecule has 2 saturated heterocycles. The molecule has 322 valence electrons. The highest BCUT2D eigenvalue weighted by molar-refractivity contribution is 5.88. The molecule has 19 heteroatoms. The maximum atomic E-state index is 13.2. The normalized spacial score (nSPS) is 26.6. The lowest BCUT2D eigenvalue weighted by Crippen LogP contribution is -2.63. The monoisotopic (exact) mass is 840 g/mol. The summed E-state index contributed by atoms with van der Waals surface area (Å²) in [6.07, 6.45) is -7.87. The van der Waals surface area contributed by atoms with Gasteiger partial charge in [-0.3, -0.25) is 0 Å². The zero-order valence-corrected chi connectivity index (χ0v) is 32.0. The van der Waals surface area contributed by atoms with E-state index in [0.29, 0.717) is 16.7 Å². The Bertz CT molecular complexity index is 2050. The first kappa shape index (κ1) is 45.1. The molecule has 19 nitrogen and oxygen atoms in total. The van der Waals surface area contributed by atoms with Crippen LogP contribution in [0.1, 0.15) is 16.7 Å². The van der Waals surface area contributed by atoms with Gasteiger partial charge in [0.15, 0.2) is 41.5 Å². The highest BCUT2D eigenvalue weighted by Gasteiger charge is 2.61. The van der Waals surface area contributed by atoms with E-state index in [-0.39, 0.29) is 28.7 Å². The second-order valence-corrected chi connectivity index (χ2v) is 13.3. The van der Waals surface area contributed by atoms with E-state index in [0.717, 1.165) is 18.2 Å². The van der Waals surface area contributed by atoms with Gasteiger partial charge >= 0.3 is 17.9 Å². The Kier molecular flexibility index (Phi) is 15.2. The highest BCUT2D eigenvalue weighted by Crippen LogP contribution is 2.39. The van der Waals surface area contributed by atoms with Crippen LogP contribution in [-0.4, -0.2) is 148 Å². The van der Waals surface area contributed by atoms with Crippen molar-refractivity contribution in [2.24, 2.45) is 0 Å². The van der Waals surface area contributed by atoms with Gasteiger partial charge in [-0.1, -0.05) is 24.3 Å². The number of ether oxygens (including phenoxy) is 8. The molecule has 0 aromatic heterocycles. The number of carbonyl (C=O) groups excluding carboxylic acids is 3. The average Bonchev–Trinajstić information content (AvgIpc) is 3.49. The maximum Gasteiger partial charge on any atom is 0.331 e. The van der Waals surface area contributed by atoms with Gasteiger partial charge in [0.25, 0.3) is 0 Å². The van der Waals surface area contributed by atoms with E-state index in [4.69, 9.17) is 37.9 Å². The summed E-state index contributed by atoms with van der Waals surface area (Å²) in [5.41, 5.74) is 1.31. The molecule has 3 aromatic carbocycles. The smallest absolute Gasteiger partial charge is 0.331 e. The molecule has 0 saturated carbocycles. The van der Waals surface area contributed by atoms with Gasteiger partial charge in [-0.05, 0) is 71.3 Å². The number of carbonyl (C=O) groups is 3. The summed E-state index contributed by atoms with van der Waals surface area (Å²) < 4.78 is 43.9. The van der Waals surface area contributed by atoms with E-state index >= 15 is 0 Å². The van der Waals surface area contributed by atoms with Crippen molar-refractivity contribution in [3.8, 4) is 28.7 Å². The Labute approximate surface area is 342 Å². The van der Waals surface area contributed by atoms with Gasteiger partial charge in [-0.15, -0.1) is 0 Å². The molecule has 9 atom stereocenters. The fourth-order valence-electron chi connectivity index (χ4n) is 6.01. The first-order valence-electron chi connectivity index (χ1n) is 18.1. The predicted molar refractivity (Wildman–Crippen MR) is 205 cm³/mol. The number of aromatic hydroxyl groups is 3. The Balaban J connectivity index is 1.43. The molecular formula is C41H44O19. The topological polar surface area (TPSA) is 287 Å². The number of methoxy groups -OCH3 is 2. The van der Waals surface area contributed by atoms with Crippen molar-refractivity contribution in [2.75, 3.05) is 34.0 Å². The van der Waals surface area contributed by atoms with Crippen molar-refractivity contribution in [2.45, 2.75) is 54.8 Å². The van der Waals surface area contributed by atoms with Crippen LogP contribution in [0.25, 0.3) is 18.2 Å². The molecule has 0 radical (unpaired) electrons. The maximum absolute atomic E-state index is 13.2. The second kappa shape index (κ2) is 20.3. The summed E-state index contributed by atoms with van der Waals surface area (Å²) in [4.78, 5) is 39.2. The number of hydrogen-bond donors (Lipinski definition) is 8. The van der Waals surface area contributed by atoms with E-state index in [9.17, 15) is 55.2 Å². The molecule has 2 aliphatic rings. The Hall–Kier alpha value is -6.03. The summed E-state index contributed by atoms with van der Waals surface area (Å²) >= 11 is 0. The number of phenolic OH excluding ortho intramolecular Hbond substituents is 3. The third-order valence-electron chi connectivity index (χ3n) is 9.24. The summed E-state index contributed by atoms with van der Waals surface area (Å²) in [7, 11) is 2.67. The summed E-state index contributed by atoms with van der Waals surface area (Å²) in [5.74, 6) is -5.77. The van der Waals surface area contributed by atoms with Crippen LogP contribution in [0.2, 0.25) is 0 Å². The Morgan fingerprint density at radius 3 is 1.78 bits per heavy atom. The van der Waals surface area contributed by atoms with Gasteiger partial charge in [0, 0.05) is 18.2 Å². The molecule has 8 N–H and O–H groups in total. The SMILES string of the molecule is COc1cc(/C=C/C(=O)OC[C@H]2O[C@@](COC(=O)/C=C/c3ccc(O)c(OC)c3)(O[C@H]3O[C@H](CO)[C@H](O)[C@H](O)[C@H]3O)[C@@H](O)[C@@H]2OC(=O)/C=C/c2ccc(O)cc2)ccc1O. The molecule has 0 unspecified atom stereocenters. The fourth-order valence-corrected chi connectivity index (χ4v) is 6.01. The van der Waals surface area contributed by atoms with Gasteiger partial charge in [-0.2, -0.15) is 0 Å². The van der Waals surface area contributed by atoms with Crippen LogP contribution >= 0.6 is 0 Å². The lowest BCUT2D eigenvalue weighted by molar-refractivity contribution is -0.383. The third kappa shape index (κ3) is 11.2. The van der Waals surface area contributed by atoms with Crippen molar-refractivity contribution in [3.63, 3.8) is 0 Å². The van der Waals surface area contributed by atoms with E-state index in [1.54, 1.807) is 0 Å². The minimum atomic E-state index is -2.64. The molecule has 0 spiro atoms. The van der Waals surface area contributed by atoms with Crippen molar-refractivity contribution in [1.29, 1.82) is 0 Å². The van der Waals surface area contributed by atoms with Gasteiger partial charge in [-0.25, -0.2) is 14.4 Å². The van der Waals surface area contributed by atoms with Crippen LogP contribution < -0.4 is 9.47 Å². The van der Waals surface area contributed by atoms with Crippen LogP contribution in [0, 0.1) is 0 Å². The van der Waals surface area contributed by atoms with Crippen molar-refractivity contribution in [3.05, 3.63) is 95.6 Å². The van der Waals surface area contributed by atoms with Gasteiger partial charge in [0.2, 0.25) is 5.79 Å². The number of esters is 3. The van der Waals surface area contributed by atoms with Crippen LogP contribution in [0.15, 0.2) is 78.9 Å². The van der Waals surface area contributed by atoms with E-state index in [2.05, 4.69) is 0 Å². The highest BCUT2D eigenvalue weighted by atomic mass is 16.8. The van der Waals surface area contributed by atoms with Crippen LogP contribution in [0.3, 0.4) is 0 Å². The molecule has 2 fully saturated rings. The summed E-state index contributed by atoms with van der Waals surface area (Å²) in [5, 5.41) is 82.7. The second-order valence-electron chi connectivity index (χ2n) is 13.3. The molecule has 5 rings (SSSR count). The molecular weight excluding hydrogens is 796 g/mol. The van der Waals surface area contributed by atoms with Crippen LogP contribution in [0.4, 0.5) is 0 Å². The number of aliphatic hydroxyl groups is 5. The van der Waals surface area contributed by atoms with Crippen molar-refractivity contribution >= 4 is 36.1 Å². The Morgan fingerprint density at radius 1 is 0.683 bits per heavy atom. The van der Waals surface area contributed by atoms with E-state index in [1.807, 2.05) is 0 Å². The minimum absolute atomic E-state index is 0.0245. The average molecular weight is 841 g/mol. The summed E-state index contributed by atoms with van der Waals surface area (Å²) in [6.45, 7) is -2.63. The number of phenols is 3. The Morgan fingerprint density at radius 2 is 1.22 bits per heavy atom. The molecule has 2 aliphatic heterocycles. The molecule has 0 amide bonds. The molecule has 0 bridgehead atoms. The fraction of sp³-hybridized carbons (Fsp3) is 0.341. The molecule has 3 aromatic rings. The van der Waals surface area contributed by atoms with E-state index < -0.39 is 92.5 Å². The first-order valence-corrected chi connectivity index (χ1v) is 18.1. The zero-order chi connectivity index (χ0) is 43.6. The van der Waals surface area contributed by atoms with Crippen LogP contribution in [0.5, 0.6) is 28.7 Å². The quantitative estimate of drug-likeness (QED) is 0.0555. The van der Waals surface area contributed by atoms with Gasteiger partial charge in [0.1, 0.15) is 49.5 Å². The lowest BCUT2D eigenvalue weighted by Gasteiger charge is -2.43. The van der Waals surface area contributed by atoms with Crippen molar-refractivity contribution < 1.29 is 93.1 Å². The third-order valence-corrected chi connectivity index (χ3v) is 9.24. The largest absolute Gasteiger partial charge is 0.508 e. The lowest BCUT2D eigenvalue weighted by atomic mass is 9.99. The zero-order valence-electron chi connectivity index (χ0n) is 32.0. The van der Waals surface area contributed by atoms with Crippen LogP contribution in [-0.2, 0) is 42.8 Å². The number of aliphatic hydroxyl groups excluding tert-OH is 5. The van der Waals surface area contributed by atoms with E-state index in [1.165, 1.54) is 93.1 Å². The predicted octanol–water partition coefficient (Wildman–Crippen LogP) is 0.531. The van der Waals surface area contributed by atoms with Gasteiger partial charge < -0.3 is 78.7 Å². The number of rotatable bonds is 16. The minimum Gasteiger partial charge on any atom is -0.508 e. The molecule has 0 aliphatic carbocycles. The van der Waals surface area contributed by atoms with Gasteiger partial charge in [0.05, 0.1) is 20.8 Å². The molecule has 60 heavy (non-hydrogen) atoms. The molecule has 2 heterocycles. The standard InChI is InChI=1S/C41H44O19/c1-53-28-17-23(5-12-26(28)44)8-14-32(46)55-20-31-38(58-34(48)16-7-22-3-10-25(43)11-4-22)39(52)41(59-31,60-40-37(51)36(50)35(49)30(19-42)57-40)21-56-33(47)15-9-24-6-13-27(45)29(18-24)54-2/h3-18,30-31,35-40,42-45,49-52H,19-21H2,1-2H3/b14-8+,15-9+,16-7+/t30-,31-,35+,36+,37-,38-,39+,40-,41+/m1/s1. The number of hydrogen-bond acceptors (Lipinski definition) is 19. The first-order chi connectivity index (χ1) is 28.7.